The van der Waals surface area contributed by atoms with E-state index in [4.69, 9.17) is 9.73 Å². The van der Waals surface area contributed by atoms with Gasteiger partial charge in [-0.15, -0.1) is 0 Å². The fraction of sp³-hybridized carbons (Fsp3) is 0.533. The van der Waals surface area contributed by atoms with Crippen molar-refractivity contribution < 1.29 is 4.74 Å². The van der Waals surface area contributed by atoms with Gasteiger partial charge in [0.25, 0.3) is 0 Å². The number of benzene rings is 1. The molecule has 3 heteroatoms. The van der Waals surface area contributed by atoms with Gasteiger partial charge in [-0.2, -0.15) is 0 Å². The van der Waals surface area contributed by atoms with Crippen molar-refractivity contribution in [2.24, 2.45) is 10.9 Å². The van der Waals surface area contributed by atoms with Crippen LogP contribution >= 0.6 is 0 Å². The highest BCUT2D eigenvalue weighted by Crippen LogP contribution is 2.27. The Morgan fingerprint density at radius 2 is 2.33 bits per heavy atom. The van der Waals surface area contributed by atoms with E-state index >= 15 is 0 Å². The lowest BCUT2D eigenvalue weighted by Gasteiger charge is -2.21. The molecule has 96 valence electrons. The average molecular weight is 244 g/mol. The Labute approximate surface area is 108 Å². The number of ether oxygens (including phenoxy) is 1. The third-order valence-electron chi connectivity index (χ3n) is 3.75. The fourth-order valence-corrected chi connectivity index (χ4v) is 2.73. The first-order valence-corrected chi connectivity index (χ1v) is 6.81. The molecule has 0 aromatic heterocycles. The van der Waals surface area contributed by atoms with Crippen LogP contribution in [0.5, 0.6) is 0 Å². The van der Waals surface area contributed by atoms with Gasteiger partial charge in [0.05, 0.1) is 0 Å². The zero-order chi connectivity index (χ0) is 12.4. The van der Waals surface area contributed by atoms with Crippen LogP contribution in [0.25, 0.3) is 0 Å². The van der Waals surface area contributed by atoms with Gasteiger partial charge in [0.15, 0.2) is 5.90 Å². The van der Waals surface area contributed by atoms with E-state index in [0.29, 0.717) is 12.5 Å². The third kappa shape index (κ3) is 2.41. The quantitative estimate of drug-likeness (QED) is 0.867. The molecule has 1 N–H and O–H groups in total. The third-order valence-corrected chi connectivity index (χ3v) is 3.75. The van der Waals surface area contributed by atoms with Crippen molar-refractivity contribution in [3.8, 4) is 0 Å². The summed E-state index contributed by atoms with van der Waals surface area (Å²) >= 11 is 0. The first-order chi connectivity index (χ1) is 8.83. The first kappa shape index (κ1) is 11.7. The molecule has 18 heavy (non-hydrogen) atoms. The number of hydrogen-bond acceptors (Lipinski definition) is 3. The summed E-state index contributed by atoms with van der Waals surface area (Å²) in [6, 6.07) is 8.77. The summed E-state index contributed by atoms with van der Waals surface area (Å²) in [5, 5.41) is 3.41. The molecular formula is C15H20N2O. The second-order valence-corrected chi connectivity index (χ2v) is 5.25. The number of aliphatic imine (C=N–C) groups is 1. The lowest BCUT2D eigenvalue weighted by atomic mass is 9.99. The smallest absolute Gasteiger partial charge is 0.188 e. The van der Waals surface area contributed by atoms with E-state index in [-0.39, 0.29) is 6.04 Å². The van der Waals surface area contributed by atoms with Crippen molar-refractivity contribution in [3.63, 3.8) is 0 Å². The van der Waals surface area contributed by atoms with Gasteiger partial charge in [-0.25, -0.2) is 4.99 Å². The van der Waals surface area contributed by atoms with Crippen LogP contribution in [0, 0.1) is 12.8 Å². The number of nitrogens with zero attached hydrogens (tertiary/aromatic N) is 1. The van der Waals surface area contributed by atoms with E-state index in [1.807, 2.05) is 0 Å². The zero-order valence-corrected chi connectivity index (χ0v) is 10.9. The molecule has 0 aliphatic carbocycles. The van der Waals surface area contributed by atoms with Gasteiger partial charge in [-0.05, 0) is 31.9 Å². The van der Waals surface area contributed by atoms with Gasteiger partial charge in [0, 0.05) is 12.5 Å². The van der Waals surface area contributed by atoms with Crippen molar-refractivity contribution in [3.05, 3.63) is 35.4 Å². The van der Waals surface area contributed by atoms with Crippen LogP contribution in [-0.4, -0.2) is 25.6 Å². The molecule has 0 bridgehead atoms. The first-order valence-electron chi connectivity index (χ1n) is 6.81. The molecular weight excluding hydrogens is 224 g/mol. The summed E-state index contributed by atoms with van der Waals surface area (Å²) in [6.45, 7) is 4.97. The van der Waals surface area contributed by atoms with Gasteiger partial charge in [-0.3, -0.25) is 0 Å². The molecule has 2 heterocycles. The molecule has 1 saturated heterocycles. The van der Waals surface area contributed by atoms with Gasteiger partial charge < -0.3 is 10.1 Å². The van der Waals surface area contributed by atoms with Crippen LogP contribution in [0.2, 0.25) is 0 Å². The molecule has 2 aliphatic rings. The van der Waals surface area contributed by atoms with Gasteiger partial charge in [-0.1, -0.05) is 29.8 Å². The Balaban J connectivity index is 1.74. The Morgan fingerprint density at radius 3 is 3.11 bits per heavy atom. The van der Waals surface area contributed by atoms with E-state index < -0.39 is 0 Å². The van der Waals surface area contributed by atoms with Crippen molar-refractivity contribution in [2.75, 3.05) is 19.7 Å². The minimum Gasteiger partial charge on any atom is -0.478 e. The number of piperidine rings is 1. The number of rotatable bonds is 2. The Morgan fingerprint density at radius 1 is 1.39 bits per heavy atom. The average Bonchev–Trinajstić information content (AvgIpc) is 2.89. The summed E-state index contributed by atoms with van der Waals surface area (Å²) < 4.78 is 5.81. The predicted molar refractivity (Wildman–Crippen MR) is 72.9 cm³/mol. The maximum Gasteiger partial charge on any atom is 0.188 e. The number of hydrogen-bond donors (Lipinski definition) is 1. The summed E-state index contributed by atoms with van der Waals surface area (Å²) in [5.41, 5.74) is 2.56. The largest absolute Gasteiger partial charge is 0.478 e. The molecule has 2 aliphatic heterocycles. The van der Waals surface area contributed by atoms with Crippen molar-refractivity contribution in [1.29, 1.82) is 0 Å². The van der Waals surface area contributed by atoms with Crippen molar-refractivity contribution in [2.45, 2.75) is 25.8 Å². The van der Waals surface area contributed by atoms with Gasteiger partial charge >= 0.3 is 0 Å². The Bertz CT molecular complexity index is 450. The van der Waals surface area contributed by atoms with Crippen LogP contribution in [-0.2, 0) is 4.74 Å². The molecule has 2 atom stereocenters. The minimum atomic E-state index is 0.196. The predicted octanol–water partition coefficient (Wildman–Crippen LogP) is 2.46. The van der Waals surface area contributed by atoms with Crippen LogP contribution in [0.3, 0.4) is 0 Å². The van der Waals surface area contributed by atoms with E-state index in [1.165, 1.54) is 24.0 Å². The highest BCUT2D eigenvalue weighted by atomic mass is 16.5. The topological polar surface area (TPSA) is 33.6 Å². The molecule has 0 radical (unpaired) electrons. The summed E-state index contributed by atoms with van der Waals surface area (Å²) in [7, 11) is 0. The van der Waals surface area contributed by atoms with Crippen molar-refractivity contribution >= 4 is 5.90 Å². The molecule has 0 spiro atoms. The van der Waals surface area contributed by atoms with Crippen LogP contribution in [0.15, 0.2) is 29.3 Å². The molecule has 3 nitrogen and oxygen atoms in total. The SMILES string of the molecule is Cc1cccc(C2COC(C3CCCNC3)=N2)c1. The molecule has 1 aromatic carbocycles. The molecule has 0 amide bonds. The maximum atomic E-state index is 5.81. The van der Waals surface area contributed by atoms with Gasteiger partial charge in [0.1, 0.15) is 12.6 Å². The summed E-state index contributed by atoms with van der Waals surface area (Å²) in [6.07, 6.45) is 2.43. The number of nitrogens with one attached hydrogen (secondary N) is 1. The van der Waals surface area contributed by atoms with Gasteiger partial charge in [0.2, 0.25) is 0 Å². The summed E-state index contributed by atoms with van der Waals surface area (Å²) in [4.78, 5) is 4.78. The Hall–Kier alpha value is -1.35. The van der Waals surface area contributed by atoms with Crippen molar-refractivity contribution in [1.82, 2.24) is 5.32 Å². The lowest BCUT2D eigenvalue weighted by molar-refractivity contribution is 0.286. The monoisotopic (exact) mass is 244 g/mol. The molecule has 2 unspecified atom stereocenters. The lowest BCUT2D eigenvalue weighted by Crippen LogP contribution is -2.34. The normalized spacial score (nSPS) is 27.7. The minimum absolute atomic E-state index is 0.196. The maximum absolute atomic E-state index is 5.81. The zero-order valence-electron chi connectivity index (χ0n) is 10.9. The van der Waals surface area contributed by atoms with Crippen LogP contribution in [0.4, 0.5) is 0 Å². The van der Waals surface area contributed by atoms with E-state index in [1.54, 1.807) is 0 Å². The van der Waals surface area contributed by atoms with Crippen LogP contribution in [0.1, 0.15) is 30.0 Å². The molecule has 1 fully saturated rings. The Kier molecular flexibility index (Phi) is 3.33. The standard InChI is InChI=1S/C15H20N2O/c1-11-4-2-5-12(8-11)14-10-18-15(17-14)13-6-3-7-16-9-13/h2,4-5,8,13-14,16H,3,6-7,9-10H2,1H3. The highest BCUT2D eigenvalue weighted by Gasteiger charge is 2.27. The summed E-state index contributed by atoms with van der Waals surface area (Å²) in [5.74, 6) is 1.45. The second kappa shape index (κ2) is 5.11. The van der Waals surface area contributed by atoms with E-state index in [9.17, 15) is 0 Å². The van der Waals surface area contributed by atoms with E-state index in [2.05, 4.69) is 36.5 Å². The second-order valence-electron chi connectivity index (χ2n) is 5.25. The number of aryl methyl sites for hydroxylation is 1. The highest BCUT2D eigenvalue weighted by molar-refractivity contribution is 5.80. The van der Waals surface area contributed by atoms with E-state index in [0.717, 1.165) is 19.0 Å². The molecule has 1 aromatic rings. The molecule has 3 rings (SSSR count). The fourth-order valence-electron chi connectivity index (χ4n) is 2.73. The van der Waals surface area contributed by atoms with Crippen LogP contribution < -0.4 is 5.32 Å². The molecule has 0 saturated carbocycles.